The molecule has 1 heterocycles. The molecule has 1 unspecified atom stereocenters. The minimum atomic E-state index is -0.334. The fourth-order valence-corrected chi connectivity index (χ4v) is 2.72. The summed E-state index contributed by atoms with van der Waals surface area (Å²) in [5.74, 6) is -0.0848. The van der Waals surface area contributed by atoms with Crippen molar-refractivity contribution in [3.05, 3.63) is 58.0 Å². The lowest BCUT2D eigenvalue weighted by Gasteiger charge is -2.11. The molecular weight excluding hydrogens is 298 g/mol. The van der Waals surface area contributed by atoms with E-state index >= 15 is 0 Å². The Kier molecular flexibility index (Phi) is 5.77. The number of thioether (sulfide) groups is 1. The first-order chi connectivity index (χ1) is 10.6. The topological polar surface area (TPSA) is 74.8 Å². The fourth-order valence-electron chi connectivity index (χ4n) is 1.87. The Morgan fingerprint density at radius 3 is 2.77 bits per heavy atom. The first-order valence-electron chi connectivity index (χ1n) is 7.17. The van der Waals surface area contributed by atoms with Crippen LogP contribution in [0.1, 0.15) is 25.1 Å². The minimum absolute atomic E-state index is 0.0848. The van der Waals surface area contributed by atoms with Crippen LogP contribution in [0, 0.1) is 0 Å². The van der Waals surface area contributed by atoms with Crippen LogP contribution in [-0.2, 0) is 17.8 Å². The van der Waals surface area contributed by atoms with Crippen LogP contribution in [0.15, 0.2) is 46.3 Å². The molecule has 1 aromatic heterocycles. The number of aromatic amines is 1. The zero-order chi connectivity index (χ0) is 15.9. The number of aryl methyl sites for hydroxylation is 1. The lowest BCUT2D eigenvalue weighted by molar-refractivity contribution is -0.120. The van der Waals surface area contributed by atoms with E-state index in [1.54, 1.807) is 6.92 Å². The van der Waals surface area contributed by atoms with Crippen LogP contribution >= 0.6 is 11.8 Å². The van der Waals surface area contributed by atoms with Gasteiger partial charge < -0.3 is 10.3 Å². The van der Waals surface area contributed by atoms with Crippen LogP contribution in [0.5, 0.6) is 0 Å². The molecule has 22 heavy (non-hydrogen) atoms. The molecule has 0 bridgehead atoms. The van der Waals surface area contributed by atoms with Crippen LogP contribution in [0.2, 0.25) is 0 Å². The number of carbonyl (C=O) groups is 1. The molecule has 2 rings (SSSR count). The van der Waals surface area contributed by atoms with Gasteiger partial charge in [-0.15, -0.1) is 0 Å². The third-order valence-electron chi connectivity index (χ3n) is 3.10. The fraction of sp³-hybridized carbons (Fsp3) is 0.312. The molecular formula is C16H19N3O2S. The molecule has 2 N–H and O–H groups in total. The molecule has 0 spiro atoms. The zero-order valence-electron chi connectivity index (χ0n) is 12.6. The van der Waals surface area contributed by atoms with Crippen LogP contribution < -0.4 is 10.9 Å². The van der Waals surface area contributed by atoms with Crippen molar-refractivity contribution in [3.8, 4) is 0 Å². The third-order valence-corrected chi connectivity index (χ3v) is 4.09. The van der Waals surface area contributed by atoms with Gasteiger partial charge in [-0.1, -0.05) is 49.0 Å². The van der Waals surface area contributed by atoms with Crippen molar-refractivity contribution in [1.82, 2.24) is 15.3 Å². The molecule has 1 atom stereocenters. The Balaban J connectivity index is 1.94. The van der Waals surface area contributed by atoms with E-state index in [-0.39, 0.29) is 16.7 Å². The maximum absolute atomic E-state index is 12.1. The molecule has 0 saturated heterocycles. The third kappa shape index (κ3) is 4.73. The second-order valence-corrected chi connectivity index (χ2v) is 6.19. The average Bonchev–Trinajstić information content (AvgIpc) is 2.52. The van der Waals surface area contributed by atoms with E-state index in [9.17, 15) is 9.59 Å². The molecule has 0 fully saturated rings. The summed E-state index contributed by atoms with van der Waals surface area (Å²) in [7, 11) is 0. The summed E-state index contributed by atoms with van der Waals surface area (Å²) in [5, 5.41) is 3.03. The van der Waals surface area contributed by atoms with E-state index < -0.39 is 0 Å². The van der Waals surface area contributed by atoms with Gasteiger partial charge in [0.05, 0.1) is 5.25 Å². The quantitative estimate of drug-likeness (QED) is 0.632. The zero-order valence-corrected chi connectivity index (χ0v) is 13.4. The number of hydrogen-bond acceptors (Lipinski definition) is 4. The number of rotatable bonds is 6. The summed E-state index contributed by atoms with van der Waals surface area (Å²) in [4.78, 5) is 30.6. The van der Waals surface area contributed by atoms with Crippen molar-refractivity contribution < 1.29 is 4.79 Å². The van der Waals surface area contributed by atoms with Gasteiger partial charge in [0, 0.05) is 18.3 Å². The van der Waals surface area contributed by atoms with Crippen LogP contribution in [-0.4, -0.2) is 21.1 Å². The highest BCUT2D eigenvalue weighted by molar-refractivity contribution is 8.00. The van der Waals surface area contributed by atoms with Gasteiger partial charge in [-0.3, -0.25) is 9.59 Å². The minimum Gasteiger partial charge on any atom is -0.351 e. The highest BCUT2D eigenvalue weighted by atomic mass is 32.2. The molecule has 2 aromatic rings. The summed E-state index contributed by atoms with van der Waals surface area (Å²) in [6, 6.07) is 11.2. The van der Waals surface area contributed by atoms with Crippen molar-refractivity contribution in [2.75, 3.05) is 0 Å². The van der Waals surface area contributed by atoms with E-state index in [1.165, 1.54) is 17.8 Å². The number of H-pyrrole nitrogens is 1. The molecule has 0 aliphatic rings. The van der Waals surface area contributed by atoms with Gasteiger partial charge in [-0.25, -0.2) is 4.98 Å². The van der Waals surface area contributed by atoms with Crippen molar-refractivity contribution in [3.63, 3.8) is 0 Å². The first-order valence-corrected chi connectivity index (χ1v) is 8.05. The van der Waals surface area contributed by atoms with Crippen molar-refractivity contribution >= 4 is 17.7 Å². The standard InChI is InChI=1S/C16H19N3O2S/c1-3-13-9-14(20)19-16(18-13)22-11(2)15(21)17-10-12-7-5-4-6-8-12/h4-9,11H,3,10H2,1-2H3,(H,17,21)(H,18,19,20). The molecule has 0 aliphatic carbocycles. The smallest absolute Gasteiger partial charge is 0.251 e. The molecule has 0 radical (unpaired) electrons. The van der Waals surface area contributed by atoms with E-state index in [2.05, 4.69) is 15.3 Å². The van der Waals surface area contributed by atoms with Gasteiger partial charge in [-0.2, -0.15) is 0 Å². The SMILES string of the molecule is CCc1cc(=O)[nH]c(SC(C)C(=O)NCc2ccccc2)n1. The Bertz CT molecular complexity index is 685. The van der Waals surface area contributed by atoms with Gasteiger partial charge in [-0.05, 0) is 18.9 Å². The van der Waals surface area contributed by atoms with Crippen molar-refractivity contribution in [2.45, 2.75) is 37.2 Å². The Labute approximate surface area is 133 Å². The highest BCUT2D eigenvalue weighted by Gasteiger charge is 2.15. The number of hydrogen-bond donors (Lipinski definition) is 2. The van der Waals surface area contributed by atoms with Gasteiger partial charge >= 0.3 is 0 Å². The summed E-state index contributed by atoms with van der Waals surface area (Å²) >= 11 is 1.25. The number of amides is 1. The van der Waals surface area contributed by atoms with Gasteiger partial charge in [0.15, 0.2) is 5.16 Å². The Morgan fingerprint density at radius 1 is 1.36 bits per heavy atom. The predicted octanol–water partition coefficient (Wildman–Crippen LogP) is 2.13. The van der Waals surface area contributed by atoms with E-state index in [0.29, 0.717) is 18.1 Å². The summed E-state index contributed by atoms with van der Waals surface area (Å²) in [5.41, 5.74) is 1.59. The van der Waals surface area contributed by atoms with Crippen molar-refractivity contribution in [2.24, 2.45) is 0 Å². The number of nitrogens with one attached hydrogen (secondary N) is 2. The Hall–Kier alpha value is -2.08. The van der Waals surface area contributed by atoms with Gasteiger partial charge in [0.1, 0.15) is 0 Å². The maximum atomic E-state index is 12.1. The van der Waals surface area contributed by atoms with Gasteiger partial charge in [0.25, 0.3) is 5.56 Å². The number of aromatic nitrogens is 2. The summed E-state index contributed by atoms with van der Waals surface area (Å²) < 4.78 is 0. The van der Waals surface area contributed by atoms with E-state index in [1.807, 2.05) is 37.3 Å². The summed E-state index contributed by atoms with van der Waals surface area (Å²) in [6.07, 6.45) is 0.687. The second kappa shape index (κ2) is 7.79. The largest absolute Gasteiger partial charge is 0.351 e. The second-order valence-electron chi connectivity index (χ2n) is 4.86. The molecule has 1 amide bonds. The lowest BCUT2D eigenvalue weighted by Crippen LogP contribution is -2.30. The van der Waals surface area contributed by atoms with Gasteiger partial charge in [0.2, 0.25) is 5.91 Å². The van der Waals surface area contributed by atoms with Crippen molar-refractivity contribution in [1.29, 1.82) is 0 Å². The Morgan fingerprint density at radius 2 is 2.09 bits per heavy atom. The average molecular weight is 317 g/mol. The summed E-state index contributed by atoms with van der Waals surface area (Å²) in [6.45, 7) is 4.22. The maximum Gasteiger partial charge on any atom is 0.251 e. The van der Waals surface area contributed by atoms with E-state index in [0.717, 1.165) is 11.3 Å². The first kappa shape index (κ1) is 16.3. The van der Waals surface area contributed by atoms with Crippen LogP contribution in [0.3, 0.4) is 0 Å². The molecule has 0 aliphatic heterocycles. The van der Waals surface area contributed by atoms with Crippen LogP contribution in [0.4, 0.5) is 0 Å². The molecule has 1 aromatic carbocycles. The number of carbonyl (C=O) groups excluding carboxylic acids is 1. The molecule has 116 valence electrons. The highest BCUT2D eigenvalue weighted by Crippen LogP contribution is 2.18. The van der Waals surface area contributed by atoms with Crippen LogP contribution in [0.25, 0.3) is 0 Å². The molecule has 0 saturated carbocycles. The normalized spacial score (nSPS) is 11.9. The monoisotopic (exact) mass is 317 g/mol. The molecule has 6 heteroatoms. The number of benzene rings is 1. The number of nitrogens with zero attached hydrogens (tertiary/aromatic N) is 1. The predicted molar refractivity (Wildman–Crippen MR) is 87.8 cm³/mol. The molecule has 5 nitrogen and oxygen atoms in total. The lowest BCUT2D eigenvalue weighted by atomic mass is 10.2. The van der Waals surface area contributed by atoms with E-state index in [4.69, 9.17) is 0 Å².